The highest BCUT2D eigenvalue weighted by Crippen LogP contribution is 2.32. The smallest absolute Gasteiger partial charge is 0.328 e. The van der Waals surface area contributed by atoms with Gasteiger partial charge in [-0.15, -0.1) is 0 Å². The number of rotatable bonds is 7. The van der Waals surface area contributed by atoms with Crippen LogP contribution >= 0.6 is 0 Å². The summed E-state index contributed by atoms with van der Waals surface area (Å²) in [4.78, 5) is 39.3. The molecule has 2 atom stereocenters. The first-order chi connectivity index (χ1) is 13.1. The predicted molar refractivity (Wildman–Crippen MR) is 102 cm³/mol. The number of likely N-dealkylation sites (tertiary alicyclic amines) is 1. The van der Waals surface area contributed by atoms with Crippen molar-refractivity contribution in [2.45, 2.75) is 51.0 Å². The predicted octanol–water partition coefficient (Wildman–Crippen LogP) is 3.08. The van der Waals surface area contributed by atoms with E-state index in [1.165, 1.54) is 12.7 Å². The second-order valence-corrected chi connectivity index (χ2v) is 7.26. The number of amides is 1. The normalized spacial score (nSPS) is 21.8. The van der Waals surface area contributed by atoms with Gasteiger partial charge in [-0.2, -0.15) is 0 Å². The van der Waals surface area contributed by atoms with Crippen LogP contribution in [0.5, 0.6) is 0 Å². The molecule has 0 N–H and O–H groups in total. The van der Waals surface area contributed by atoms with Gasteiger partial charge in [0.2, 0.25) is 5.91 Å². The Morgan fingerprint density at radius 1 is 1.15 bits per heavy atom. The monoisotopic (exact) mass is 369 g/mol. The maximum Gasteiger partial charge on any atom is 0.328 e. The van der Waals surface area contributed by atoms with Crippen LogP contribution in [-0.4, -0.2) is 42.3 Å². The molecule has 1 aromatic rings. The molecular formula is C22H27NO4. The van der Waals surface area contributed by atoms with Crippen LogP contribution in [0.15, 0.2) is 42.0 Å². The highest BCUT2D eigenvalue weighted by atomic mass is 16.5. The van der Waals surface area contributed by atoms with Gasteiger partial charge < -0.3 is 9.64 Å². The minimum Gasteiger partial charge on any atom is -0.467 e. The quantitative estimate of drug-likeness (QED) is 0.693. The van der Waals surface area contributed by atoms with Crippen molar-refractivity contribution < 1.29 is 19.1 Å². The number of benzene rings is 1. The van der Waals surface area contributed by atoms with Crippen molar-refractivity contribution in [3.63, 3.8) is 0 Å². The van der Waals surface area contributed by atoms with E-state index in [0.717, 1.165) is 25.7 Å². The number of ether oxygens (including phenoxy) is 1. The number of carbonyl (C=O) groups is 3. The number of carbonyl (C=O) groups excluding carboxylic acids is 3. The summed E-state index contributed by atoms with van der Waals surface area (Å²) in [6.07, 6.45) is 6.82. The van der Waals surface area contributed by atoms with E-state index in [-0.39, 0.29) is 17.7 Å². The van der Waals surface area contributed by atoms with E-state index in [1.807, 2.05) is 24.3 Å². The van der Waals surface area contributed by atoms with Crippen LogP contribution in [0.4, 0.5) is 0 Å². The number of methoxy groups -OCH3 is 1. The third-order valence-corrected chi connectivity index (χ3v) is 5.54. The first-order valence-corrected chi connectivity index (χ1v) is 9.77. The Morgan fingerprint density at radius 2 is 1.93 bits per heavy atom. The lowest BCUT2D eigenvalue weighted by atomic mass is 9.93. The van der Waals surface area contributed by atoms with E-state index in [2.05, 4.69) is 12.1 Å². The summed E-state index contributed by atoms with van der Waals surface area (Å²) in [5.74, 6) is -0.795. The van der Waals surface area contributed by atoms with Crippen molar-refractivity contribution in [2.75, 3.05) is 13.7 Å². The molecule has 1 aromatic carbocycles. The van der Waals surface area contributed by atoms with Gasteiger partial charge in [0.25, 0.3) is 0 Å². The summed E-state index contributed by atoms with van der Waals surface area (Å²) in [6.45, 7) is 0.560. The molecule has 3 rings (SSSR count). The van der Waals surface area contributed by atoms with Crippen LogP contribution in [0, 0.1) is 5.92 Å². The largest absolute Gasteiger partial charge is 0.467 e. The molecule has 0 saturated carbocycles. The van der Waals surface area contributed by atoms with Gasteiger partial charge in [-0.05, 0) is 44.1 Å². The molecule has 2 aliphatic rings. The zero-order valence-corrected chi connectivity index (χ0v) is 15.9. The molecule has 5 nitrogen and oxygen atoms in total. The third-order valence-electron chi connectivity index (χ3n) is 5.54. The van der Waals surface area contributed by atoms with Gasteiger partial charge >= 0.3 is 5.97 Å². The van der Waals surface area contributed by atoms with Crippen molar-refractivity contribution in [2.24, 2.45) is 5.92 Å². The lowest BCUT2D eigenvalue weighted by Gasteiger charge is -2.26. The van der Waals surface area contributed by atoms with Crippen LogP contribution in [0.2, 0.25) is 0 Å². The standard InChI is InChI=1S/C22H27NO4/c1-27-22(26)19-13-7-15-23(19)21(25)18-12-6-11-17(18)20(24)14-5-10-16-8-3-2-4-9-16/h2-4,8-9,11,18-19H,5-7,10,12-15H2,1H3/t18?,19-/m0/s1. The third kappa shape index (κ3) is 4.46. The molecule has 1 aliphatic heterocycles. The Morgan fingerprint density at radius 3 is 2.67 bits per heavy atom. The van der Waals surface area contributed by atoms with E-state index in [0.29, 0.717) is 31.4 Å². The van der Waals surface area contributed by atoms with Gasteiger partial charge in [-0.1, -0.05) is 36.4 Å². The first-order valence-electron chi connectivity index (χ1n) is 9.77. The minimum atomic E-state index is -0.502. The fourth-order valence-corrected chi connectivity index (χ4v) is 4.12. The maximum atomic E-state index is 13.0. The zero-order valence-electron chi connectivity index (χ0n) is 15.9. The molecule has 1 amide bonds. The van der Waals surface area contributed by atoms with Crippen molar-refractivity contribution in [1.29, 1.82) is 0 Å². The second kappa shape index (κ2) is 8.98. The van der Waals surface area contributed by atoms with Crippen molar-refractivity contribution in [1.82, 2.24) is 4.90 Å². The molecule has 0 spiro atoms. The number of aryl methyl sites for hydroxylation is 1. The Balaban J connectivity index is 1.58. The summed E-state index contributed by atoms with van der Waals surface area (Å²) in [6, 6.07) is 9.60. The molecule has 0 radical (unpaired) electrons. The molecule has 1 fully saturated rings. The summed E-state index contributed by atoms with van der Waals surface area (Å²) < 4.78 is 4.83. The fourth-order valence-electron chi connectivity index (χ4n) is 4.12. The Kier molecular flexibility index (Phi) is 6.43. The molecule has 0 aromatic heterocycles. The Labute approximate surface area is 160 Å². The molecule has 1 saturated heterocycles. The lowest BCUT2D eigenvalue weighted by molar-refractivity contribution is -0.152. The van der Waals surface area contributed by atoms with E-state index in [9.17, 15) is 14.4 Å². The molecule has 1 unspecified atom stereocenters. The molecular weight excluding hydrogens is 342 g/mol. The minimum absolute atomic E-state index is 0.0654. The summed E-state index contributed by atoms with van der Waals surface area (Å²) in [5.41, 5.74) is 1.86. The van der Waals surface area contributed by atoms with Crippen LogP contribution in [0.3, 0.4) is 0 Å². The van der Waals surface area contributed by atoms with Gasteiger partial charge in [0, 0.05) is 18.5 Å². The van der Waals surface area contributed by atoms with Gasteiger partial charge in [0.05, 0.1) is 13.0 Å². The van der Waals surface area contributed by atoms with Gasteiger partial charge in [-0.3, -0.25) is 9.59 Å². The number of hydrogen-bond donors (Lipinski definition) is 0. The maximum absolute atomic E-state index is 13.0. The van der Waals surface area contributed by atoms with Crippen molar-refractivity contribution >= 4 is 17.7 Å². The summed E-state index contributed by atoms with van der Waals surface area (Å²) in [7, 11) is 1.35. The topological polar surface area (TPSA) is 63.7 Å². The van der Waals surface area contributed by atoms with Crippen molar-refractivity contribution in [3.05, 3.63) is 47.5 Å². The number of hydrogen-bond acceptors (Lipinski definition) is 4. The average molecular weight is 369 g/mol. The number of ketones is 1. The van der Waals surface area contributed by atoms with Gasteiger partial charge in [0.1, 0.15) is 6.04 Å². The Hall–Kier alpha value is -2.43. The number of Topliss-reactive ketones (excluding diaryl/α,β-unsaturated/α-hetero) is 1. The van der Waals surface area contributed by atoms with Crippen molar-refractivity contribution in [3.8, 4) is 0 Å². The first kappa shape index (κ1) is 19.3. The molecule has 1 aliphatic carbocycles. The average Bonchev–Trinajstić information content (AvgIpc) is 3.37. The van der Waals surface area contributed by atoms with E-state index in [1.54, 1.807) is 4.90 Å². The molecule has 144 valence electrons. The zero-order chi connectivity index (χ0) is 19.2. The van der Waals surface area contributed by atoms with E-state index < -0.39 is 12.0 Å². The number of allylic oxidation sites excluding steroid dienone is 1. The summed E-state index contributed by atoms with van der Waals surface area (Å²) >= 11 is 0. The molecule has 0 bridgehead atoms. The lowest BCUT2D eigenvalue weighted by Crippen LogP contribution is -2.44. The van der Waals surface area contributed by atoms with Gasteiger partial charge in [-0.25, -0.2) is 4.79 Å². The summed E-state index contributed by atoms with van der Waals surface area (Å²) in [5, 5.41) is 0. The van der Waals surface area contributed by atoms with Crippen LogP contribution in [-0.2, 0) is 25.5 Å². The van der Waals surface area contributed by atoms with Gasteiger partial charge in [0.15, 0.2) is 5.78 Å². The molecule has 27 heavy (non-hydrogen) atoms. The van der Waals surface area contributed by atoms with Crippen LogP contribution in [0.1, 0.15) is 44.1 Å². The van der Waals surface area contributed by atoms with E-state index in [4.69, 9.17) is 4.74 Å². The highest BCUT2D eigenvalue weighted by Gasteiger charge is 2.40. The SMILES string of the molecule is COC(=O)[C@@H]1CCCN1C(=O)C1CCC=C1C(=O)CCCc1ccccc1. The van der Waals surface area contributed by atoms with E-state index >= 15 is 0 Å². The number of nitrogens with zero attached hydrogens (tertiary/aromatic N) is 1. The highest BCUT2D eigenvalue weighted by molar-refractivity contribution is 6.02. The molecule has 5 heteroatoms. The fraction of sp³-hybridized carbons (Fsp3) is 0.500. The second-order valence-electron chi connectivity index (χ2n) is 7.26. The van der Waals surface area contributed by atoms with Crippen LogP contribution < -0.4 is 0 Å². The molecule has 1 heterocycles. The number of esters is 1. The Bertz CT molecular complexity index is 725. The van der Waals surface area contributed by atoms with Crippen LogP contribution in [0.25, 0.3) is 0 Å².